The van der Waals surface area contributed by atoms with E-state index < -0.39 is 11.6 Å². The lowest BCUT2D eigenvalue weighted by Crippen LogP contribution is -2.48. The number of hydrogen-bond donors (Lipinski definition) is 2. The van der Waals surface area contributed by atoms with E-state index >= 15 is 0 Å². The molecular weight excluding hydrogens is 250 g/mol. The summed E-state index contributed by atoms with van der Waals surface area (Å²) >= 11 is 0. The van der Waals surface area contributed by atoms with E-state index in [-0.39, 0.29) is 11.6 Å². The second-order valence-electron chi connectivity index (χ2n) is 5.25. The fourth-order valence-electron chi connectivity index (χ4n) is 2.67. The van der Waals surface area contributed by atoms with Crippen LogP contribution in [-0.4, -0.2) is 18.8 Å². The maximum Gasteiger partial charge on any atom is 0.126 e. The van der Waals surface area contributed by atoms with Crippen LogP contribution in [0.1, 0.15) is 31.2 Å². The quantitative estimate of drug-likeness (QED) is 0.616. The largest absolute Gasteiger partial charge is 0.378 e. The van der Waals surface area contributed by atoms with Crippen LogP contribution in [0.2, 0.25) is 0 Å². The van der Waals surface area contributed by atoms with Gasteiger partial charge in [-0.15, -0.1) is 0 Å². The summed E-state index contributed by atoms with van der Waals surface area (Å²) in [5.41, 5.74) is 2.88. The molecule has 2 rings (SSSR count). The molecule has 1 atom stereocenters. The summed E-state index contributed by atoms with van der Waals surface area (Å²) in [6, 6.07) is 3.36. The first kappa shape index (κ1) is 14.4. The molecular formula is C14H20F2N2O. The molecule has 3 N–H and O–H groups in total. The summed E-state index contributed by atoms with van der Waals surface area (Å²) in [4.78, 5) is 0. The summed E-state index contributed by atoms with van der Waals surface area (Å²) in [5, 5.41) is 0. The number of nitrogens with one attached hydrogen (secondary N) is 1. The maximum absolute atomic E-state index is 13.6. The molecule has 19 heavy (non-hydrogen) atoms. The van der Waals surface area contributed by atoms with Gasteiger partial charge in [0.1, 0.15) is 11.6 Å². The fraction of sp³-hybridized carbons (Fsp3) is 0.571. The van der Waals surface area contributed by atoms with Gasteiger partial charge in [-0.05, 0) is 55.9 Å². The molecule has 3 nitrogen and oxygen atoms in total. The molecule has 0 heterocycles. The first-order chi connectivity index (χ1) is 9.08. The minimum Gasteiger partial charge on any atom is -0.378 e. The molecule has 106 valence electrons. The van der Waals surface area contributed by atoms with Crippen LogP contribution < -0.4 is 11.3 Å². The molecule has 0 spiro atoms. The van der Waals surface area contributed by atoms with Crippen molar-refractivity contribution in [2.24, 2.45) is 5.84 Å². The van der Waals surface area contributed by atoms with E-state index in [2.05, 4.69) is 5.43 Å². The molecule has 0 aromatic heterocycles. The van der Waals surface area contributed by atoms with Crippen molar-refractivity contribution in [3.8, 4) is 0 Å². The minimum absolute atomic E-state index is 0.128. The highest BCUT2D eigenvalue weighted by Gasteiger charge is 2.38. The topological polar surface area (TPSA) is 47.3 Å². The number of ether oxygens (including phenoxy) is 1. The Kier molecular flexibility index (Phi) is 4.50. The number of rotatable bonds is 6. The van der Waals surface area contributed by atoms with E-state index in [4.69, 9.17) is 10.6 Å². The van der Waals surface area contributed by atoms with Crippen LogP contribution in [0.4, 0.5) is 8.78 Å². The highest BCUT2D eigenvalue weighted by atomic mass is 19.1. The molecule has 1 unspecified atom stereocenters. The SMILES string of the molecule is COC1(CC(Cc2cc(F)ccc2F)NN)CCC1. The molecule has 0 saturated heterocycles. The van der Waals surface area contributed by atoms with Gasteiger partial charge in [0.15, 0.2) is 0 Å². The van der Waals surface area contributed by atoms with Crippen LogP contribution in [0.15, 0.2) is 18.2 Å². The van der Waals surface area contributed by atoms with Crippen molar-refractivity contribution < 1.29 is 13.5 Å². The van der Waals surface area contributed by atoms with Gasteiger partial charge in [0.2, 0.25) is 0 Å². The molecule has 0 bridgehead atoms. The smallest absolute Gasteiger partial charge is 0.126 e. The lowest BCUT2D eigenvalue weighted by Gasteiger charge is -2.42. The summed E-state index contributed by atoms with van der Waals surface area (Å²) in [6.07, 6.45) is 4.18. The zero-order chi connectivity index (χ0) is 13.9. The van der Waals surface area contributed by atoms with Gasteiger partial charge in [0, 0.05) is 13.2 Å². The number of hydrogen-bond acceptors (Lipinski definition) is 3. The van der Waals surface area contributed by atoms with Gasteiger partial charge < -0.3 is 4.74 Å². The third kappa shape index (κ3) is 3.29. The highest BCUT2D eigenvalue weighted by Crippen LogP contribution is 2.39. The van der Waals surface area contributed by atoms with E-state index in [1.54, 1.807) is 7.11 Å². The normalized spacial score (nSPS) is 18.9. The molecule has 5 heteroatoms. The first-order valence-electron chi connectivity index (χ1n) is 6.54. The van der Waals surface area contributed by atoms with Crippen LogP contribution >= 0.6 is 0 Å². The van der Waals surface area contributed by atoms with Gasteiger partial charge in [0.05, 0.1) is 5.60 Å². The summed E-state index contributed by atoms with van der Waals surface area (Å²) in [7, 11) is 1.69. The second kappa shape index (κ2) is 5.94. The van der Waals surface area contributed by atoms with E-state index in [0.717, 1.165) is 31.4 Å². The fourth-order valence-corrected chi connectivity index (χ4v) is 2.67. The van der Waals surface area contributed by atoms with E-state index in [9.17, 15) is 8.78 Å². The predicted molar refractivity (Wildman–Crippen MR) is 69.4 cm³/mol. The first-order valence-corrected chi connectivity index (χ1v) is 6.54. The van der Waals surface area contributed by atoms with Crippen molar-refractivity contribution in [2.45, 2.75) is 43.7 Å². The van der Waals surface area contributed by atoms with Gasteiger partial charge in [-0.3, -0.25) is 11.3 Å². The van der Waals surface area contributed by atoms with Crippen LogP contribution in [-0.2, 0) is 11.2 Å². The lowest BCUT2D eigenvalue weighted by atomic mass is 9.75. The standard InChI is InChI=1S/C14H20F2N2O/c1-19-14(5-2-6-14)9-12(18-17)8-10-7-11(15)3-4-13(10)16/h3-4,7,12,18H,2,5-6,8-9,17H2,1H3. The molecule has 1 saturated carbocycles. The van der Waals surface area contributed by atoms with Crippen LogP contribution in [0.25, 0.3) is 0 Å². The Morgan fingerprint density at radius 3 is 2.68 bits per heavy atom. The zero-order valence-electron chi connectivity index (χ0n) is 11.1. The van der Waals surface area contributed by atoms with Gasteiger partial charge in [-0.2, -0.15) is 0 Å². The number of hydrazine groups is 1. The Balaban J connectivity index is 2.04. The van der Waals surface area contributed by atoms with Crippen molar-refractivity contribution in [3.63, 3.8) is 0 Å². The summed E-state index contributed by atoms with van der Waals surface area (Å²) in [5.74, 6) is 4.69. The lowest BCUT2D eigenvalue weighted by molar-refractivity contribution is -0.0834. The Morgan fingerprint density at radius 1 is 1.42 bits per heavy atom. The predicted octanol–water partition coefficient (Wildman–Crippen LogP) is 2.30. The molecule has 0 radical (unpaired) electrons. The highest BCUT2D eigenvalue weighted by molar-refractivity contribution is 5.20. The third-order valence-electron chi connectivity index (χ3n) is 4.03. The van der Waals surface area contributed by atoms with Gasteiger partial charge >= 0.3 is 0 Å². The number of halogens is 2. The Hall–Kier alpha value is -1.04. The summed E-state index contributed by atoms with van der Waals surface area (Å²) in [6.45, 7) is 0. The van der Waals surface area contributed by atoms with Crippen molar-refractivity contribution in [1.29, 1.82) is 0 Å². The molecule has 1 aromatic carbocycles. The molecule has 1 aliphatic carbocycles. The maximum atomic E-state index is 13.6. The summed E-state index contributed by atoms with van der Waals surface area (Å²) < 4.78 is 32.3. The molecule has 1 fully saturated rings. The number of methoxy groups -OCH3 is 1. The zero-order valence-corrected chi connectivity index (χ0v) is 11.1. The van der Waals surface area contributed by atoms with Crippen LogP contribution in [0.5, 0.6) is 0 Å². The van der Waals surface area contributed by atoms with E-state index in [1.165, 1.54) is 6.07 Å². The Morgan fingerprint density at radius 2 is 2.16 bits per heavy atom. The molecule has 1 aromatic rings. The number of benzene rings is 1. The molecule has 0 aliphatic heterocycles. The Labute approximate surface area is 112 Å². The molecule has 0 amide bonds. The van der Waals surface area contributed by atoms with Crippen molar-refractivity contribution in [2.75, 3.05) is 7.11 Å². The Bertz CT molecular complexity index is 430. The van der Waals surface area contributed by atoms with E-state index in [1.807, 2.05) is 0 Å². The van der Waals surface area contributed by atoms with E-state index in [0.29, 0.717) is 18.4 Å². The van der Waals surface area contributed by atoms with Crippen LogP contribution in [0.3, 0.4) is 0 Å². The van der Waals surface area contributed by atoms with Crippen molar-refractivity contribution in [3.05, 3.63) is 35.4 Å². The van der Waals surface area contributed by atoms with Crippen molar-refractivity contribution in [1.82, 2.24) is 5.43 Å². The minimum atomic E-state index is -0.433. The average Bonchev–Trinajstić information content (AvgIpc) is 2.36. The molecule has 1 aliphatic rings. The monoisotopic (exact) mass is 270 g/mol. The van der Waals surface area contributed by atoms with Crippen molar-refractivity contribution >= 4 is 0 Å². The number of nitrogens with two attached hydrogens (primary N) is 1. The second-order valence-corrected chi connectivity index (χ2v) is 5.25. The van der Waals surface area contributed by atoms with Gasteiger partial charge in [-0.25, -0.2) is 8.78 Å². The average molecular weight is 270 g/mol. The third-order valence-corrected chi connectivity index (χ3v) is 4.03. The van der Waals surface area contributed by atoms with Gasteiger partial charge in [0.25, 0.3) is 0 Å². The van der Waals surface area contributed by atoms with Gasteiger partial charge in [-0.1, -0.05) is 0 Å². The van der Waals surface area contributed by atoms with Crippen LogP contribution in [0, 0.1) is 11.6 Å².